The van der Waals surface area contributed by atoms with Crippen molar-refractivity contribution in [2.45, 2.75) is 20.3 Å². The van der Waals surface area contributed by atoms with Crippen LogP contribution in [0.3, 0.4) is 0 Å². The van der Waals surface area contributed by atoms with E-state index in [2.05, 4.69) is 200 Å². The fourth-order valence-corrected chi connectivity index (χ4v) is 9.44. The number of hydrogen-bond acceptors (Lipinski definition) is 2. The second kappa shape index (κ2) is 14.4. The van der Waals surface area contributed by atoms with Gasteiger partial charge in [0.15, 0.2) is 5.84 Å². The maximum absolute atomic E-state index is 6.68. The summed E-state index contributed by atoms with van der Waals surface area (Å²) >= 11 is 0. The Morgan fingerprint density at radius 3 is 1.79 bits per heavy atom. The van der Waals surface area contributed by atoms with Crippen LogP contribution in [0, 0.1) is 5.92 Å². The zero-order valence-electron chi connectivity index (χ0n) is 34.5. The van der Waals surface area contributed by atoms with Crippen LogP contribution in [0.15, 0.2) is 209 Å². The highest BCUT2D eigenvalue weighted by atomic mass is 16.3. The van der Waals surface area contributed by atoms with Crippen LogP contribution in [0.1, 0.15) is 31.4 Å². The summed E-state index contributed by atoms with van der Waals surface area (Å²) in [4.78, 5) is 11.5. The molecule has 1 unspecified atom stereocenters. The van der Waals surface area contributed by atoms with Crippen LogP contribution in [-0.2, 0) is 0 Å². The van der Waals surface area contributed by atoms with Gasteiger partial charge < -0.3 is 8.98 Å². The van der Waals surface area contributed by atoms with Crippen molar-refractivity contribution in [2.24, 2.45) is 15.9 Å². The fraction of sp³-hybridized carbons (Fsp3) is 0.0690. The monoisotopic (exact) mass is 795 g/mol. The summed E-state index contributed by atoms with van der Waals surface area (Å²) < 4.78 is 9.10. The number of furan rings is 1. The van der Waals surface area contributed by atoms with E-state index in [1.165, 1.54) is 48.5 Å². The van der Waals surface area contributed by atoms with Gasteiger partial charge in [0.05, 0.1) is 28.1 Å². The van der Waals surface area contributed by atoms with Gasteiger partial charge in [-0.25, -0.2) is 9.98 Å². The second-order valence-corrected chi connectivity index (χ2v) is 16.5. The topological polar surface area (TPSA) is 42.8 Å². The average molecular weight is 796 g/mol. The molecule has 0 spiro atoms. The molecular weight excluding hydrogens is 755 g/mol. The predicted molar refractivity (Wildman–Crippen MR) is 263 cm³/mol. The highest BCUT2D eigenvalue weighted by molar-refractivity contribution is 6.22. The van der Waals surface area contributed by atoms with Crippen molar-refractivity contribution in [2.75, 3.05) is 0 Å². The van der Waals surface area contributed by atoms with Gasteiger partial charge in [-0.05, 0) is 92.0 Å². The molecule has 0 aliphatic rings. The van der Waals surface area contributed by atoms with E-state index in [1.54, 1.807) is 0 Å². The number of aliphatic imine (C=N–C) groups is 2. The molecule has 0 amide bonds. The van der Waals surface area contributed by atoms with Crippen LogP contribution in [0.2, 0.25) is 0 Å². The molecule has 12 rings (SSSR count). The Bertz CT molecular complexity index is 3830. The van der Waals surface area contributed by atoms with E-state index in [-0.39, 0.29) is 5.92 Å². The molecule has 0 saturated heterocycles. The Balaban J connectivity index is 1.22. The second-order valence-electron chi connectivity index (χ2n) is 16.5. The van der Waals surface area contributed by atoms with E-state index in [9.17, 15) is 0 Å². The summed E-state index contributed by atoms with van der Waals surface area (Å²) in [5, 5.41) is 13.9. The lowest BCUT2D eigenvalue weighted by Gasteiger charge is -2.17. The molecule has 1 atom stereocenters. The minimum absolute atomic E-state index is 0.165. The lowest BCUT2D eigenvalue weighted by atomic mass is 9.94. The quantitative estimate of drug-likeness (QED) is 0.122. The van der Waals surface area contributed by atoms with Gasteiger partial charge in [0, 0.05) is 38.6 Å². The van der Waals surface area contributed by atoms with Gasteiger partial charge in [-0.15, -0.1) is 0 Å². The summed E-state index contributed by atoms with van der Waals surface area (Å²) in [6.45, 7) is 4.51. The van der Waals surface area contributed by atoms with Crippen molar-refractivity contribution in [1.29, 1.82) is 0 Å². The van der Waals surface area contributed by atoms with E-state index < -0.39 is 0 Å². The minimum atomic E-state index is 0.165. The van der Waals surface area contributed by atoms with Gasteiger partial charge >= 0.3 is 0 Å². The van der Waals surface area contributed by atoms with Gasteiger partial charge in [-0.2, -0.15) is 0 Å². The Kier molecular flexibility index (Phi) is 8.39. The summed E-state index contributed by atoms with van der Waals surface area (Å²) in [7, 11) is 0. The first-order valence-electron chi connectivity index (χ1n) is 21.5. The van der Waals surface area contributed by atoms with E-state index in [0.717, 1.165) is 73.0 Å². The molecule has 0 saturated carbocycles. The molecule has 0 aliphatic carbocycles. The number of nitrogens with zero attached hydrogens (tertiary/aromatic N) is 3. The zero-order valence-corrected chi connectivity index (χ0v) is 34.5. The Labute approximate surface area is 358 Å². The molecule has 294 valence electrons. The first-order chi connectivity index (χ1) is 30.6. The molecule has 2 aromatic heterocycles. The minimum Gasteiger partial charge on any atom is -0.456 e. The summed E-state index contributed by atoms with van der Waals surface area (Å²) in [6, 6.07) is 69.6. The maximum atomic E-state index is 6.68. The summed E-state index contributed by atoms with van der Waals surface area (Å²) in [5.41, 5.74) is 8.68. The first kappa shape index (κ1) is 36.1. The number of amidine groups is 1. The third-order valence-electron chi connectivity index (χ3n) is 12.8. The van der Waals surface area contributed by atoms with E-state index in [4.69, 9.17) is 14.4 Å². The molecule has 0 radical (unpaired) electrons. The van der Waals surface area contributed by atoms with Gasteiger partial charge in [0.2, 0.25) is 0 Å². The predicted octanol–water partition coefficient (Wildman–Crippen LogP) is 15.9. The van der Waals surface area contributed by atoms with Gasteiger partial charge in [0.25, 0.3) is 0 Å². The van der Waals surface area contributed by atoms with Crippen LogP contribution < -0.4 is 0 Å². The Morgan fingerprint density at radius 1 is 0.484 bits per heavy atom. The van der Waals surface area contributed by atoms with Crippen molar-refractivity contribution in [3.05, 3.63) is 205 Å². The fourth-order valence-electron chi connectivity index (χ4n) is 9.44. The van der Waals surface area contributed by atoms with E-state index in [1.807, 2.05) is 12.1 Å². The van der Waals surface area contributed by atoms with Crippen LogP contribution in [0.4, 0.5) is 5.69 Å². The number of para-hydroxylation sites is 1. The number of hydrogen-bond donors (Lipinski definition) is 0. The van der Waals surface area contributed by atoms with Gasteiger partial charge in [-0.1, -0.05) is 166 Å². The van der Waals surface area contributed by atoms with Gasteiger partial charge in [-0.3, -0.25) is 0 Å². The van der Waals surface area contributed by atoms with Gasteiger partial charge in [0.1, 0.15) is 11.2 Å². The molecule has 2 heterocycles. The molecule has 4 nitrogen and oxygen atoms in total. The summed E-state index contributed by atoms with van der Waals surface area (Å²) in [6.07, 6.45) is 0.928. The molecular formula is C58H41N3O. The van der Waals surface area contributed by atoms with E-state index in [0.29, 0.717) is 5.84 Å². The third-order valence-corrected chi connectivity index (χ3v) is 12.8. The highest BCUT2D eigenvalue weighted by Crippen LogP contribution is 2.43. The molecule has 0 bridgehead atoms. The number of rotatable bonds is 6. The average Bonchev–Trinajstić information content (AvgIpc) is 3.85. The molecule has 4 heteroatoms. The molecule has 0 N–H and O–H groups in total. The highest BCUT2D eigenvalue weighted by Gasteiger charge is 2.22. The lowest BCUT2D eigenvalue weighted by Crippen LogP contribution is -2.15. The number of benzene rings is 10. The van der Waals surface area contributed by atoms with Crippen molar-refractivity contribution >= 4 is 104 Å². The largest absolute Gasteiger partial charge is 0.456 e. The SMILES string of the molecule is CCC(C)C(=NC(=Nc1cc2c(cc1-n1c3cc4ccccc4cc3c3ccc4ccccc4c31)oc1ccccc12)c1ccc2ccccc2c1)c1ccc2ccccc2c1. The summed E-state index contributed by atoms with van der Waals surface area (Å²) in [5.74, 6) is 0.822. The smallest absolute Gasteiger partial charge is 0.160 e. The standard InChI is InChI=1S/C58H41N3O/c1-3-36(2)56(44-26-24-37-14-4-6-17-40(37)30-44)60-58(45-27-25-38-15-5-7-18-41(38)31-45)59-51-34-50-47-22-12-13-23-54(47)62-55(50)35-53(51)61-52-33-43-20-9-8-19-42(43)32-49(52)48-29-28-39-16-10-11-21-46(39)57(48)61/h4-36H,3H2,1-2H3. The van der Waals surface area contributed by atoms with Crippen molar-refractivity contribution < 1.29 is 4.42 Å². The van der Waals surface area contributed by atoms with E-state index >= 15 is 0 Å². The Morgan fingerprint density at radius 2 is 1.06 bits per heavy atom. The molecule has 12 aromatic rings. The van der Waals surface area contributed by atoms with Crippen molar-refractivity contribution in [3.8, 4) is 5.69 Å². The van der Waals surface area contributed by atoms with Crippen LogP contribution in [0.25, 0.3) is 92.5 Å². The van der Waals surface area contributed by atoms with Crippen molar-refractivity contribution in [3.63, 3.8) is 0 Å². The lowest BCUT2D eigenvalue weighted by molar-refractivity contribution is 0.668. The number of aromatic nitrogens is 1. The molecule has 0 aliphatic heterocycles. The third kappa shape index (κ3) is 5.90. The first-order valence-corrected chi connectivity index (χ1v) is 21.5. The zero-order chi connectivity index (χ0) is 41.3. The normalized spacial score (nSPS) is 13.2. The van der Waals surface area contributed by atoms with Crippen LogP contribution >= 0.6 is 0 Å². The van der Waals surface area contributed by atoms with Crippen molar-refractivity contribution in [1.82, 2.24) is 4.57 Å². The molecule has 62 heavy (non-hydrogen) atoms. The maximum Gasteiger partial charge on any atom is 0.160 e. The molecule has 10 aromatic carbocycles. The number of fused-ring (bicyclic) bond motifs is 11. The molecule has 0 fully saturated rings. The van der Waals surface area contributed by atoms with Crippen LogP contribution in [0.5, 0.6) is 0 Å². The Hall–Kier alpha value is -7.82. The van der Waals surface area contributed by atoms with Crippen LogP contribution in [-0.4, -0.2) is 16.1 Å².